The first-order valence-electron chi connectivity index (χ1n) is 13.4. The number of halogens is 3. The van der Waals surface area contributed by atoms with E-state index in [-0.39, 0.29) is 37.2 Å². The van der Waals surface area contributed by atoms with Crippen LogP contribution in [0.1, 0.15) is 18.4 Å². The van der Waals surface area contributed by atoms with Gasteiger partial charge in [0, 0.05) is 54.3 Å². The predicted molar refractivity (Wildman–Crippen MR) is 176 cm³/mol. The summed E-state index contributed by atoms with van der Waals surface area (Å²) < 4.78 is 6.91. The maximum atomic E-state index is 2.50. The molecule has 0 spiro atoms. The maximum Gasteiger partial charge on any atom is 0.213 e. The number of anilines is 1. The van der Waals surface area contributed by atoms with Crippen LogP contribution in [0.15, 0.2) is 132 Å². The quantitative estimate of drug-likeness (QED) is 0.163. The molecule has 0 radical (unpaired) electrons. The molecular formula is C33H36Cl3N4S+3. The molecule has 0 amide bonds. The second-order valence-corrected chi connectivity index (χ2v) is 10.7. The molecule has 3 aromatic heterocycles. The zero-order valence-electron chi connectivity index (χ0n) is 22.8. The Bertz CT molecular complexity index is 1570. The summed E-state index contributed by atoms with van der Waals surface area (Å²) in [6.45, 7) is 3.99. The van der Waals surface area contributed by atoms with Crippen LogP contribution in [0, 0.1) is 0 Å². The van der Waals surface area contributed by atoms with E-state index in [0.717, 1.165) is 39.0 Å². The van der Waals surface area contributed by atoms with Crippen molar-refractivity contribution in [1.29, 1.82) is 0 Å². The number of hydrogen-bond donors (Lipinski definition) is 0. The van der Waals surface area contributed by atoms with Crippen LogP contribution in [-0.4, -0.2) is 6.54 Å². The number of thioether (sulfide) groups is 1. The van der Waals surface area contributed by atoms with Crippen molar-refractivity contribution in [3.63, 3.8) is 0 Å². The minimum Gasteiger partial charge on any atom is -0.335 e. The molecule has 41 heavy (non-hydrogen) atoms. The number of fused-ring (bicyclic) bond motifs is 2. The van der Waals surface area contributed by atoms with Crippen LogP contribution in [0.3, 0.4) is 0 Å². The normalized spacial score (nSPS) is 12.8. The van der Waals surface area contributed by atoms with Crippen LogP contribution >= 0.6 is 49.0 Å². The van der Waals surface area contributed by atoms with Crippen molar-refractivity contribution < 1.29 is 13.7 Å². The molecule has 8 heteroatoms. The summed E-state index contributed by atoms with van der Waals surface area (Å²) in [6.07, 6.45) is 15.4. The van der Waals surface area contributed by atoms with Crippen LogP contribution < -0.4 is 18.6 Å². The first-order chi connectivity index (χ1) is 18.8. The largest absolute Gasteiger partial charge is 0.335 e. The monoisotopic (exact) mass is 625 g/mol. The van der Waals surface area contributed by atoms with Crippen LogP contribution in [0.4, 0.5) is 5.69 Å². The third-order valence-corrected chi connectivity index (χ3v) is 8.15. The highest BCUT2D eigenvalue weighted by atomic mass is 35.5. The predicted octanol–water partition coefficient (Wildman–Crippen LogP) is 7.06. The lowest BCUT2D eigenvalue weighted by Crippen LogP contribution is -2.39. The molecule has 0 atom stereocenters. The van der Waals surface area contributed by atoms with Gasteiger partial charge in [-0.2, -0.15) is 4.57 Å². The van der Waals surface area contributed by atoms with Crippen molar-refractivity contribution in [2.75, 3.05) is 11.4 Å². The van der Waals surface area contributed by atoms with E-state index >= 15 is 0 Å². The van der Waals surface area contributed by atoms with E-state index in [2.05, 4.69) is 147 Å². The SMILES string of the molecule is C(=C1/Sc2ccccc2N1CCC[n+]1ccccc1)/c1cc[n+](CCC[n+]2ccccc2)c2ccccc12.Cl.Cl.Cl. The number of pyridine rings is 3. The second kappa shape index (κ2) is 15.8. The molecule has 4 nitrogen and oxygen atoms in total. The van der Waals surface area contributed by atoms with Crippen LogP contribution in [0.25, 0.3) is 17.0 Å². The summed E-state index contributed by atoms with van der Waals surface area (Å²) in [5.74, 6) is 0. The molecule has 0 saturated carbocycles. The fourth-order valence-corrected chi connectivity index (χ4v) is 6.30. The standard InChI is InChI=1S/C33H33N4S.3ClH/c1-7-18-34(19-8-1)22-11-24-36-26-17-28(29-13-3-4-14-30(29)36)27-33-37(31-15-5-6-16-32(31)38-33)25-12-23-35-20-9-2-10-21-35;;;/h1-10,13-21,26-27H,11-12,22-25H2;3*1H/q+3;;;. The van der Waals surface area contributed by atoms with Gasteiger partial charge in [0.1, 0.15) is 6.54 Å². The Morgan fingerprint density at radius 2 is 1.24 bits per heavy atom. The van der Waals surface area contributed by atoms with Gasteiger partial charge in [-0.15, -0.1) is 37.2 Å². The molecule has 5 aromatic rings. The van der Waals surface area contributed by atoms with Crippen LogP contribution in [0.5, 0.6) is 0 Å². The molecule has 212 valence electrons. The Balaban J connectivity index is 0.00000154. The summed E-state index contributed by atoms with van der Waals surface area (Å²) in [4.78, 5) is 3.83. The smallest absolute Gasteiger partial charge is 0.213 e. The second-order valence-electron chi connectivity index (χ2n) is 9.62. The Kier molecular flexibility index (Phi) is 12.5. The van der Waals surface area contributed by atoms with E-state index in [1.165, 1.54) is 32.1 Å². The van der Waals surface area contributed by atoms with E-state index in [1.54, 1.807) is 0 Å². The molecule has 0 saturated heterocycles. The summed E-state index contributed by atoms with van der Waals surface area (Å²) in [5.41, 5.74) is 3.87. The first kappa shape index (κ1) is 32.4. The van der Waals surface area contributed by atoms with Crippen molar-refractivity contribution in [2.24, 2.45) is 0 Å². The lowest BCUT2D eigenvalue weighted by Gasteiger charge is -2.20. The minimum atomic E-state index is 0. The highest BCUT2D eigenvalue weighted by Crippen LogP contribution is 2.46. The Hall–Kier alpha value is -3.09. The van der Waals surface area contributed by atoms with Crippen molar-refractivity contribution in [3.05, 3.63) is 133 Å². The van der Waals surface area contributed by atoms with E-state index in [9.17, 15) is 0 Å². The first-order valence-corrected chi connectivity index (χ1v) is 14.2. The molecule has 6 rings (SSSR count). The number of para-hydroxylation sites is 2. The maximum absolute atomic E-state index is 2.50. The van der Waals surface area contributed by atoms with Gasteiger partial charge in [0.2, 0.25) is 5.52 Å². The number of aryl methyl sites for hydroxylation is 3. The Morgan fingerprint density at radius 1 is 0.610 bits per heavy atom. The van der Waals surface area contributed by atoms with Gasteiger partial charge in [0.25, 0.3) is 0 Å². The van der Waals surface area contributed by atoms with Gasteiger partial charge in [-0.3, -0.25) is 0 Å². The van der Waals surface area contributed by atoms with Gasteiger partial charge in [0.15, 0.2) is 44.1 Å². The van der Waals surface area contributed by atoms with Gasteiger partial charge < -0.3 is 4.90 Å². The third-order valence-electron chi connectivity index (χ3n) is 7.04. The van der Waals surface area contributed by atoms with E-state index in [0.29, 0.717) is 0 Å². The average Bonchev–Trinajstić information content (AvgIpc) is 3.32. The zero-order chi connectivity index (χ0) is 25.6. The Morgan fingerprint density at radius 3 is 1.98 bits per heavy atom. The third kappa shape index (κ3) is 7.81. The fourth-order valence-electron chi connectivity index (χ4n) is 5.16. The van der Waals surface area contributed by atoms with Crippen molar-refractivity contribution in [1.82, 2.24) is 0 Å². The molecule has 0 fully saturated rings. The molecule has 0 bridgehead atoms. The van der Waals surface area contributed by atoms with Crippen LogP contribution in [0.2, 0.25) is 0 Å². The van der Waals surface area contributed by atoms with E-state index in [4.69, 9.17) is 0 Å². The summed E-state index contributed by atoms with van der Waals surface area (Å²) in [7, 11) is 0. The Labute approximate surface area is 265 Å². The summed E-state index contributed by atoms with van der Waals surface area (Å²) in [5, 5.41) is 2.60. The van der Waals surface area contributed by atoms with Crippen LogP contribution in [-0.2, 0) is 19.6 Å². The van der Waals surface area contributed by atoms with E-state index in [1.807, 2.05) is 11.8 Å². The summed E-state index contributed by atoms with van der Waals surface area (Å²) in [6, 6.07) is 32.4. The molecule has 2 aromatic carbocycles. The van der Waals surface area contributed by atoms with Crippen molar-refractivity contribution in [2.45, 2.75) is 37.4 Å². The highest BCUT2D eigenvalue weighted by molar-refractivity contribution is 8.03. The molecule has 4 heterocycles. The van der Waals surface area contributed by atoms with Gasteiger partial charge >= 0.3 is 0 Å². The van der Waals surface area contributed by atoms with Gasteiger partial charge in [0.05, 0.1) is 22.5 Å². The van der Waals surface area contributed by atoms with Crippen molar-refractivity contribution in [3.8, 4) is 0 Å². The molecular weight excluding hydrogens is 591 g/mol. The number of rotatable bonds is 9. The molecule has 1 aliphatic heterocycles. The van der Waals surface area contributed by atoms with Crippen molar-refractivity contribution >= 4 is 71.6 Å². The average molecular weight is 627 g/mol. The zero-order valence-corrected chi connectivity index (χ0v) is 26.1. The lowest BCUT2D eigenvalue weighted by molar-refractivity contribution is -0.717. The molecule has 0 aliphatic carbocycles. The fraction of sp³-hybridized carbons (Fsp3) is 0.182. The molecule has 1 aliphatic rings. The van der Waals surface area contributed by atoms with Gasteiger partial charge in [-0.1, -0.05) is 48.2 Å². The molecule has 0 N–H and O–H groups in total. The number of hydrogen-bond acceptors (Lipinski definition) is 2. The topological polar surface area (TPSA) is 14.9 Å². The minimum absolute atomic E-state index is 0. The number of aromatic nitrogens is 3. The van der Waals surface area contributed by atoms with Gasteiger partial charge in [-0.25, -0.2) is 9.13 Å². The number of nitrogens with zero attached hydrogens (tertiary/aromatic N) is 4. The van der Waals surface area contributed by atoms with E-state index < -0.39 is 0 Å². The number of benzene rings is 2. The summed E-state index contributed by atoms with van der Waals surface area (Å²) >= 11 is 1.88. The molecule has 0 unspecified atom stereocenters. The highest BCUT2D eigenvalue weighted by Gasteiger charge is 2.25. The lowest BCUT2D eigenvalue weighted by atomic mass is 10.1. The van der Waals surface area contributed by atoms with Gasteiger partial charge in [-0.05, 0) is 29.8 Å².